The highest BCUT2D eigenvalue weighted by atomic mass is 14.0. The van der Waals surface area contributed by atoms with Gasteiger partial charge in [-0.05, 0) is 12.8 Å². The Kier molecular flexibility index (Phi) is 24.1. The molecule has 0 rings (SSSR count). The van der Waals surface area contributed by atoms with Crippen LogP contribution in [0.1, 0.15) is 64.7 Å². The Morgan fingerprint density at radius 3 is 1.13 bits per heavy atom. The zero-order valence-corrected chi connectivity index (χ0v) is 19.0. The van der Waals surface area contributed by atoms with Crippen LogP contribution in [-0.2, 0) is 0 Å². The number of unbranched alkanes of at least 4 members (excludes halogenated alkanes) is 8. The molecule has 0 bridgehead atoms. The monoisotopic (exact) mass is 402 g/mol. The highest BCUT2D eigenvalue weighted by molar-refractivity contribution is 5.22. The van der Waals surface area contributed by atoms with E-state index < -0.39 is 0 Å². The van der Waals surface area contributed by atoms with E-state index in [9.17, 15) is 0 Å². The number of hydrogen-bond acceptors (Lipinski definition) is 0. The van der Waals surface area contributed by atoms with Crippen LogP contribution < -0.4 is 0 Å². The van der Waals surface area contributed by atoms with E-state index in [0.717, 1.165) is 0 Å². The second-order valence-electron chi connectivity index (χ2n) is 7.01. The summed E-state index contributed by atoms with van der Waals surface area (Å²) >= 11 is 0. The first-order chi connectivity index (χ1) is 14.9. The van der Waals surface area contributed by atoms with Crippen molar-refractivity contribution in [1.29, 1.82) is 0 Å². The maximum absolute atomic E-state index is 3.62. The molecule has 0 spiro atoms. The molecule has 162 valence electrons. The molecule has 0 aromatic rings. The van der Waals surface area contributed by atoms with Gasteiger partial charge in [0.05, 0.1) is 0 Å². The van der Waals surface area contributed by atoms with E-state index in [-0.39, 0.29) is 0 Å². The molecule has 0 aliphatic rings. The lowest BCUT2D eigenvalue weighted by molar-refractivity contribution is 0.577. The molecule has 0 radical (unpaired) electrons. The van der Waals surface area contributed by atoms with Crippen LogP contribution >= 0.6 is 0 Å². The summed E-state index contributed by atoms with van der Waals surface area (Å²) in [5.74, 6) is 0. The molecule has 0 aromatic carbocycles. The van der Waals surface area contributed by atoms with Crippen LogP contribution in [0.25, 0.3) is 0 Å². The second kappa shape index (κ2) is 26.4. The quantitative estimate of drug-likeness (QED) is 0.158. The van der Waals surface area contributed by atoms with Gasteiger partial charge in [0.25, 0.3) is 0 Å². The fourth-order valence-corrected chi connectivity index (χ4v) is 2.61. The number of allylic oxidation sites excluding steroid dienone is 19. The Balaban J connectivity index is 3.67. The Morgan fingerprint density at radius 2 is 0.733 bits per heavy atom. The Bertz CT molecular complexity index is 627. The molecule has 0 heterocycles. The van der Waals surface area contributed by atoms with Crippen molar-refractivity contribution in [3.63, 3.8) is 0 Å². The maximum atomic E-state index is 3.62. The SMILES string of the molecule is C=C/C=C/C=C/C=C/C=C/C=C/C=C/C=C/C=C/C=C/CCCCCCCCCC. The van der Waals surface area contributed by atoms with Crippen LogP contribution in [0.5, 0.6) is 0 Å². The largest absolute Gasteiger partial charge is 0.0991 e. The highest BCUT2D eigenvalue weighted by Gasteiger charge is 1.89. The van der Waals surface area contributed by atoms with Gasteiger partial charge in [0.2, 0.25) is 0 Å². The second-order valence-corrected chi connectivity index (χ2v) is 7.01. The first-order valence-corrected chi connectivity index (χ1v) is 11.5. The van der Waals surface area contributed by atoms with Crippen LogP contribution in [0.2, 0.25) is 0 Å². The first-order valence-electron chi connectivity index (χ1n) is 11.5. The van der Waals surface area contributed by atoms with E-state index in [1.165, 1.54) is 57.8 Å². The topological polar surface area (TPSA) is 0 Å². The normalized spacial score (nSPS) is 13.6. The molecular formula is C30H42. The minimum absolute atomic E-state index is 1.19. The lowest BCUT2D eigenvalue weighted by Crippen LogP contribution is -1.79. The number of rotatable bonds is 18. The van der Waals surface area contributed by atoms with E-state index in [4.69, 9.17) is 0 Å². The fourth-order valence-electron chi connectivity index (χ4n) is 2.61. The summed E-state index contributed by atoms with van der Waals surface area (Å²) in [4.78, 5) is 0. The predicted octanol–water partition coefficient (Wildman–Crippen LogP) is 9.71. The van der Waals surface area contributed by atoms with Crippen molar-refractivity contribution in [3.05, 3.63) is 122 Å². The minimum Gasteiger partial charge on any atom is -0.0991 e. The van der Waals surface area contributed by atoms with Crippen LogP contribution in [0, 0.1) is 0 Å². The van der Waals surface area contributed by atoms with Crippen molar-refractivity contribution in [1.82, 2.24) is 0 Å². The molecule has 0 saturated carbocycles. The third-order valence-electron chi connectivity index (χ3n) is 4.27. The molecule has 0 heteroatoms. The summed E-state index contributed by atoms with van der Waals surface area (Å²) < 4.78 is 0. The molecule has 0 amide bonds. The van der Waals surface area contributed by atoms with E-state index in [1.807, 2.05) is 79.0 Å². The zero-order valence-electron chi connectivity index (χ0n) is 19.0. The Morgan fingerprint density at radius 1 is 0.400 bits per heavy atom. The van der Waals surface area contributed by atoms with Crippen molar-refractivity contribution < 1.29 is 0 Å². The average molecular weight is 403 g/mol. The van der Waals surface area contributed by atoms with E-state index >= 15 is 0 Å². The van der Waals surface area contributed by atoms with E-state index in [1.54, 1.807) is 6.08 Å². The average Bonchev–Trinajstić information content (AvgIpc) is 2.76. The van der Waals surface area contributed by atoms with Gasteiger partial charge in [-0.25, -0.2) is 0 Å². The molecule has 30 heavy (non-hydrogen) atoms. The van der Waals surface area contributed by atoms with Gasteiger partial charge in [-0.15, -0.1) is 0 Å². The van der Waals surface area contributed by atoms with Gasteiger partial charge in [-0.3, -0.25) is 0 Å². The van der Waals surface area contributed by atoms with Crippen molar-refractivity contribution >= 4 is 0 Å². The van der Waals surface area contributed by atoms with Crippen molar-refractivity contribution in [2.24, 2.45) is 0 Å². The summed E-state index contributed by atoms with van der Waals surface area (Å²) in [6.07, 6.45) is 50.6. The van der Waals surface area contributed by atoms with Crippen LogP contribution in [-0.4, -0.2) is 0 Å². The van der Waals surface area contributed by atoms with E-state index in [2.05, 4.69) is 43.9 Å². The summed E-state index contributed by atoms with van der Waals surface area (Å²) in [6, 6.07) is 0. The third-order valence-corrected chi connectivity index (χ3v) is 4.27. The Hall–Kier alpha value is -2.60. The Labute approximate surface area is 186 Å². The first kappa shape index (κ1) is 27.4. The molecule has 0 aliphatic heterocycles. The molecule has 0 saturated heterocycles. The zero-order chi connectivity index (χ0) is 21.8. The van der Waals surface area contributed by atoms with Crippen LogP contribution in [0.4, 0.5) is 0 Å². The van der Waals surface area contributed by atoms with E-state index in [0.29, 0.717) is 0 Å². The predicted molar refractivity (Wildman–Crippen MR) is 140 cm³/mol. The molecule has 0 unspecified atom stereocenters. The van der Waals surface area contributed by atoms with Gasteiger partial charge < -0.3 is 0 Å². The molecule has 0 N–H and O–H groups in total. The number of hydrogen-bond donors (Lipinski definition) is 0. The maximum Gasteiger partial charge on any atom is -0.0348 e. The standard InChI is InChI=1S/C30H42/c1-3-5-7-9-11-13-15-17-19-21-23-25-27-29-30-28-26-24-22-20-18-16-14-12-10-8-6-4-2/h3,5,7,9,11,13,15,17,19,21-30H,1,4,6,8,10,12,14,16,18,20H2,2H3/b7-5+,11-9+,15-13+,19-17+,23-21+,24-22+,27-25+,28-26+,30-29+. The van der Waals surface area contributed by atoms with Crippen molar-refractivity contribution in [2.45, 2.75) is 64.7 Å². The van der Waals surface area contributed by atoms with Gasteiger partial charge in [0.15, 0.2) is 0 Å². The molecule has 0 aromatic heterocycles. The van der Waals surface area contributed by atoms with Crippen LogP contribution in [0.15, 0.2) is 122 Å². The van der Waals surface area contributed by atoms with Gasteiger partial charge in [-0.1, -0.05) is 174 Å². The smallest absolute Gasteiger partial charge is 0.0348 e. The summed E-state index contributed by atoms with van der Waals surface area (Å²) in [5, 5.41) is 0. The van der Waals surface area contributed by atoms with Gasteiger partial charge in [0.1, 0.15) is 0 Å². The van der Waals surface area contributed by atoms with Crippen LogP contribution in [0.3, 0.4) is 0 Å². The molecule has 0 aliphatic carbocycles. The third kappa shape index (κ3) is 25.4. The lowest BCUT2D eigenvalue weighted by Gasteiger charge is -1.99. The van der Waals surface area contributed by atoms with Gasteiger partial charge in [-0.2, -0.15) is 0 Å². The van der Waals surface area contributed by atoms with Crippen molar-refractivity contribution in [3.8, 4) is 0 Å². The molecule has 0 nitrogen and oxygen atoms in total. The molecular weight excluding hydrogens is 360 g/mol. The lowest BCUT2D eigenvalue weighted by atomic mass is 10.1. The van der Waals surface area contributed by atoms with Crippen molar-refractivity contribution in [2.75, 3.05) is 0 Å². The highest BCUT2D eigenvalue weighted by Crippen LogP contribution is 2.09. The summed E-state index contributed by atoms with van der Waals surface area (Å²) in [7, 11) is 0. The molecule has 0 atom stereocenters. The minimum atomic E-state index is 1.19. The summed E-state index contributed by atoms with van der Waals surface area (Å²) in [6.45, 7) is 5.89. The molecule has 0 fully saturated rings. The van der Waals surface area contributed by atoms with Gasteiger partial charge in [0, 0.05) is 0 Å². The summed E-state index contributed by atoms with van der Waals surface area (Å²) in [5.41, 5.74) is 0. The fraction of sp³-hybridized carbons (Fsp3) is 0.333. The van der Waals surface area contributed by atoms with Gasteiger partial charge >= 0.3 is 0 Å².